The van der Waals surface area contributed by atoms with Crippen molar-refractivity contribution in [3.8, 4) is 0 Å². The molecule has 1 N–H and O–H groups in total. The summed E-state index contributed by atoms with van der Waals surface area (Å²) < 4.78 is 40.2. The van der Waals surface area contributed by atoms with E-state index in [0.29, 0.717) is 63.1 Å². The van der Waals surface area contributed by atoms with Gasteiger partial charge in [0.1, 0.15) is 0 Å². The highest BCUT2D eigenvalue weighted by molar-refractivity contribution is 5.94. The molecular formula is C24H29F3N4O2. The lowest BCUT2D eigenvalue weighted by atomic mass is 9.86. The van der Waals surface area contributed by atoms with Crippen LogP contribution in [-0.4, -0.2) is 51.4 Å². The van der Waals surface area contributed by atoms with Crippen LogP contribution in [0.5, 0.6) is 0 Å². The van der Waals surface area contributed by atoms with Crippen molar-refractivity contribution in [3.05, 3.63) is 52.3 Å². The Morgan fingerprint density at radius 2 is 1.82 bits per heavy atom. The van der Waals surface area contributed by atoms with Crippen molar-refractivity contribution in [2.24, 2.45) is 5.92 Å². The average Bonchev–Trinajstić information content (AvgIpc) is 3.21. The highest BCUT2D eigenvalue weighted by atomic mass is 19.4. The standard InChI is InChI=1S/C24H29F3N4O2/c1-15(2)13-21(32)31-12-9-18-20(14-31)28-29-22(18)23(33)30-10-7-16(8-11-30)17-5-3-4-6-19(17)24(25,26)27/h3-6,15-16H,7-14H2,1-2H3,(H,28,29). The second kappa shape index (κ2) is 9.19. The Kier molecular flexibility index (Phi) is 6.50. The van der Waals surface area contributed by atoms with Gasteiger partial charge in [-0.05, 0) is 42.7 Å². The van der Waals surface area contributed by atoms with Crippen LogP contribution >= 0.6 is 0 Å². The molecule has 0 aliphatic carbocycles. The summed E-state index contributed by atoms with van der Waals surface area (Å²) in [6.07, 6.45) is -2.39. The van der Waals surface area contributed by atoms with E-state index in [-0.39, 0.29) is 23.7 Å². The molecule has 1 saturated heterocycles. The largest absolute Gasteiger partial charge is 0.416 e. The number of fused-ring (bicyclic) bond motifs is 1. The van der Waals surface area contributed by atoms with Gasteiger partial charge in [0.05, 0.1) is 17.8 Å². The maximum Gasteiger partial charge on any atom is 0.416 e. The molecule has 1 aromatic heterocycles. The zero-order chi connectivity index (χ0) is 23.8. The predicted octanol–water partition coefficient (Wildman–Crippen LogP) is 4.38. The lowest BCUT2D eigenvalue weighted by molar-refractivity contribution is -0.138. The monoisotopic (exact) mass is 462 g/mol. The van der Waals surface area contributed by atoms with Gasteiger partial charge >= 0.3 is 6.18 Å². The van der Waals surface area contributed by atoms with Gasteiger partial charge in [-0.1, -0.05) is 32.0 Å². The molecule has 9 heteroatoms. The van der Waals surface area contributed by atoms with Crippen molar-refractivity contribution in [1.82, 2.24) is 20.0 Å². The smallest absolute Gasteiger partial charge is 0.337 e. The molecule has 178 valence electrons. The molecule has 0 bridgehead atoms. The first-order chi connectivity index (χ1) is 15.6. The van der Waals surface area contributed by atoms with Crippen LogP contribution in [0.1, 0.15) is 71.9 Å². The fourth-order valence-corrected chi connectivity index (χ4v) is 4.84. The molecule has 2 aliphatic rings. The quantitative estimate of drug-likeness (QED) is 0.733. The Morgan fingerprint density at radius 1 is 1.12 bits per heavy atom. The van der Waals surface area contributed by atoms with E-state index in [4.69, 9.17) is 0 Å². The Hall–Kier alpha value is -2.84. The zero-order valence-corrected chi connectivity index (χ0v) is 18.9. The average molecular weight is 463 g/mol. The van der Waals surface area contributed by atoms with Crippen LogP contribution in [0.4, 0.5) is 13.2 Å². The van der Waals surface area contributed by atoms with Crippen LogP contribution in [-0.2, 0) is 23.9 Å². The summed E-state index contributed by atoms with van der Waals surface area (Å²) in [7, 11) is 0. The molecular weight excluding hydrogens is 433 g/mol. The SMILES string of the molecule is CC(C)CC(=O)N1CCc2c(C(=O)N3CCC(c4ccccc4C(F)(F)F)CC3)n[nH]c2C1. The predicted molar refractivity (Wildman–Crippen MR) is 116 cm³/mol. The molecule has 2 aliphatic heterocycles. The Morgan fingerprint density at radius 3 is 2.48 bits per heavy atom. The number of amides is 2. The first-order valence-corrected chi connectivity index (χ1v) is 11.4. The van der Waals surface area contributed by atoms with Gasteiger partial charge in [0.15, 0.2) is 5.69 Å². The molecule has 0 radical (unpaired) electrons. The summed E-state index contributed by atoms with van der Waals surface area (Å²) in [4.78, 5) is 29.0. The third kappa shape index (κ3) is 4.91. The Labute approximate surface area is 191 Å². The van der Waals surface area contributed by atoms with Crippen LogP contribution in [0.15, 0.2) is 24.3 Å². The number of nitrogens with zero attached hydrogens (tertiary/aromatic N) is 3. The first-order valence-electron chi connectivity index (χ1n) is 11.4. The van der Waals surface area contributed by atoms with Crippen molar-refractivity contribution < 1.29 is 22.8 Å². The van der Waals surface area contributed by atoms with Crippen LogP contribution in [0.3, 0.4) is 0 Å². The van der Waals surface area contributed by atoms with E-state index in [0.717, 1.165) is 17.3 Å². The topological polar surface area (TPSA) is 69.3 Å². The summed E-state index contributed by atoms with van der Waals surface area (Å²) >= 11 is 0. The Balaban J connectivity index is 1.41. The second-order valence-electron chi connectivity index (χ2n) is 9.34. The number of H-pyrrole nitrogens is 1. The van der Waals surface area contributed by atoms with Gasteiger partial charge in [-0.2, -0.15) is 18.3 Å². The number of aromatic amines is 1. The van der Waals surface area contributed by atoms with Crippen molar-refractivity contribution in [3.63, 3.8) is 0 Å². The minimum absolute atomic E-state index is 0.0966. The third-order valence-electron chi connectivity index (χ3n) is 6.56. The number of carbonyl (C=O) groups is 2. The zero-order valence-electron chi connectivity index (χ0n) is 18.9. The van der Waals surface area contributed by atoms with Crippen molar-refractivity contribution >= 4 is 11.8 Å². The van der Waals surface area contributed by atoms with Gasteiger partial charge < -0.3 is 9.80 Å². The number of rotatable bonds is 4. The molecule has 3 heterocycles. The maximum atomic E-state index is 13.4. The number of likely N-dealkylation sites (tertiary alicyclic amines) is 1. The lowest BCUT2D eigenvalue weighted by Gasteiger charge is -2.33. The van der Waals surface area contributed by atoms with Crippen LogP contribution in [0.2, 0.25) is 0 Å². The highest BCUT2D eigenvalue weighted by Crippen LogP contribution is 2.39. The summed E-state index contributed by atoms with van der Waals surface area (Å²) in [6, 6.07) is 5.70. The van der Waals surface area contributed by atoms with E-state index >= 15 is 0 Å². The minimum atomic E-state index is -4.39. The molecule has 0 saturated carbocycles. The summed E-state index contributed by atoms with van der Waals surface area (Å²) in [5.41, 5.74) is 1.72. The number of halogens is 3. The number of alkyl halides is 3. The number of benzene rings is 1. The number of hydrogen-bond acceptors (Lipinski definition) is 3. The number of aromatic nitrogens is 2. The molecule has 2 amide bonds. The van der Waals surface area contributed by atoms with Crippen molar-refractivity contribution in [2.45, 2.75) is 58.2 Å². The van der Waals surface area contributed by atoms with Crippen LogP contribution < -0.4 is 0 Å². The minimum Gasteiger partial charge on any atom is -0.337 e. The number of nitrogens with one attached hydrogen (secondary N) is 1. The summed E-state index contributed by atoms with van der Waals surface area (Å²) in [6.45, 7) is 5.75. The fraction of sp³-hybridized carbons (Fsp3) is 0.542. The van der Waals surface area contributed by atoms with Gasteiger partial charge in [0.25, 0.3) is 5.91 Å². The molecule has 0 unspecified atom stereocenters. The highest BCUT2D eigenvalue weighted by Gasteiger charge is 2.37. The third-order valence-corrected chi connectivity index (χ3v) is 6.56. The van der Waals surface area contributed by atoms with E-state index in [1.54, 1.807) is 21.9 Å². The van der Waals surface area contributed by atoms with E-state index < -0.39 is 11.7 Å². The van der Waals surface area contributed by atoms with Crippen molar-refractivity contribution in [2.75, 3.05) is 19.6 Å². The molecule has 6 nitrogen and oxygen atoms in total. The molecule has 0 spiro atoms. The fourth-order valence-electron chi connectivity index (χ4n) is 4.84. The molecule has 1 fully saturated rings. The molecule has 33 heavy (non-hydrogen) atoms. The molecule has 0 atom stereocenters. The van der Waals surface area contributed by atoms with Gasteiger partial charge in [-0.25, -0.2) is 0 Å². The molecule has 4 rings (SSSR count). The maximum absolute atomic E-state index is 13.4. The molecule has 1 aromatic carbocycles. The number of hydrogen-bond donors (Lipinski definition) is 1. The molecule has 2 aromatic rings. The van der Waals surface area contributed by atoms with E-state index in [2.05, 4.69) is 10.2 Å². The number of carbonyl (C=O) groups excluding carboxylic acids is 2. The van der Waals surface area contributed by atoms with Crippen LogP contribution in [0, 0.1) is 5.92 Å². The van der Waals surface area contributed by atoms with E-state index in [9.17, 15) is 22.8 Å². The number of piperidine rings is 1. The summed E-state index contributed by atoms with van der Waals surface area (Å²) in [5.74, 6) is -0.0549. The van der Waals surface area contributed by atoms with Gasteiger partial charge in [-0.3, -0.25) is 14.7 Å². The van der Waals surface area contributed by atoms with Gasteiger partial charge in [0.2, 0.25) is 5.91 Å². The van der Waals surface area contributed by atoms with Crippen LogP contribution in [0.25, 0.3) is 0 Å². The lowest BCUT2D eigenvalue weighted by Crippen LogP contribution is -2.40. The normalized spacial score (nSPS) is 17.4. The van der Waals surface area contributed by atoms with Crippen molar-refractivity contribution in [1.29, 1.82) is 0 Å². The van der Waals surface area contributed by atoms with Gasteiger partial charge in [-0.15, -0.1) is 0 Å². The second-order valence-corrected chi connectivity index (χ2v) is 9.34. The Bertz CT molecular complexity index is 1020. The van der Waals surface area contributed by atoms with E-state index in [1.807, 2.05) is 13.8 Å². The summed E-state index contributed by atoms with van der Waals surface area (Å²) in [5, 5.41) is 7.18. The van der Waals surface area contributed by atoms with E-state index in [1.165, 1.54) is 6.07 Å². The first kappa shape index (κ1) is 23.3. The van der Waals surface area contributed by atoms with Gasteiger partial charge in [0, 0.05) is 31.6 Å².